The third-order valence-corrected chi connectivity index (χ3v) is 2.15. The molecule has 0 bridgehead atoms. The van der Waals surface area contributed by atoms with Gasteiger partial charge in [0.25, 0.3) is 0 Å². The molecule has 12 heavy (non-hydrogen) atoms. The summed E-state index contributed by atoms with van der Waals surface area (Å²) in [7, 11) is 2.01. The smallest absolute Gasteiger partial charge is 0.0480 e. The maximum Gasteiger partial charge on any atom is 0.0480 e. The monoisotopic (exact) mass is 173 g/mol. The van der Waals surface area contributed by atoms with Crippen LogP contribution in [-0.4, -0.2) is 26.3 Å². The van der Waals surface area contributed by atoms with E-state index in [0.29, 0.717) is 6.04 Å². The second-order valence-corrected chi connectivity index (χ2v) is 3.15. The summed E-state index contributed by atoms with van der Waals surface area (Å²) < 4.78 is 5.47. The van der Waals surface area contributed by atoms with Crippen molar-refractivity contribution in [3.05, 3.63) is 0 Å². The highest BCUT2D eigenvalue weighted by molar-refractivity contribution is 4.60. The Bertz CT molecular complexity index is 81.9. The Morgan fingerprint density at radius 2 is 2.00 bits per heavy atom. The Kier molecular flexibility index (Phi) is 8.95. The number of unbranched alkanes of at least 4 members (excludes halogenated alkanes) is 1. The van der Waals surface area contributed by atoms with Gasteiger partial charge in [0.15, 0.2) is 0 Å². The Hall–Kier alpha value is -0.0800. The molecule has 0 aromatic rings. The quantitative estimate of drug-likeness (QED) is 0.568. The van der Waals surface area contributed by atoms with Gasteiger partial charge in [-0.05, 0) is 26.3 Å². The molecule has 0 fully saturated rings. The van der Waals surface area contributed by atoms with Crippen molar-refractivity contribution in [1.29, 1.82) is 0 Å². The fourth-order valence-electron chi connectivity index (χ4n) is 1.13. The van der Waals surface area contributed by atoms with Crippen LogP contribution in [-0.2, 0) is 4.74 Å². The van der Waals surface area contributed by atoms with E-state index in [1.165, 1.54) is 19.3 Å². The van der Waals surface area contributed by atoms with Crippen LogP contribution in [0, 0.1) is 0 Å². The standard InChI is InChI=1S/C10H23NO/c1-4-6-8-12-9-7-10(5-2)11-3/h10-11H,4-9H2,1-3H3. The molecule has 0 aliphatic rings. The van der Waals surface area contributed by atoms with Crippen LogP contribution >= 0.6 is 0 Å². The Balaban J connectivity index is 3.06. The molecule has 0 rings (SSSR count). The zero-order chi connectivity index (χ0) is 9.23. The molecule has 0 aromatic carbocycles. The van der Waals surface area contributed by atoms with Crippen LogP contribution in [0.2, 0.25) is 0 Å². The minimum Gasteiger partial charge on any atom is -0.381 e. The molecule has 0 amide bonds. The minimum absolute atomic E-state index is 0.631. The van der Waals surface area contributed by atoms with Gasteiger partial charge in [-0.2, -0.15) is 0 Å². The van der Waals surface area contributed by atoms with Gasteiger partial charge in [0.1, 0.15) is 0 Å². The molecule has 1 atom stereocenters. The predicted molar refractivity (Wildman–Crippen MR) is 53.5 cm³/mol. The summed E-state index contributed by atoms with van der Waals surface area (Å²) in [5.41, 5.74) is 0. The number of hydrogen-bond acceptors (Lipinski definition) is 2. The van der Waals surface area contributed by atoms with E-state index in [9.17, 15) is 0 Å². The van der Waals surface area contributed by atoms with Gasteiger partial charge in [-0.15, -0.1) is 0 Å². The number of nitrogens with one attached hydrogen (secondary N) is 1. The molecule has 74 valence electrons. The van der Waals surface area contributed by atoms with Gasteiger partial charge < -0.3 is 10.1 Å². The van der Waals surface area contributed by atoms with Crippen molar-refractivity contribution in [3.8, 4) is 0 Å². The van der Waals surface area contributed by atoms with Crippen LogP contribution in [0.15, 0.2) is 0 Å². The molecule has 0 spiro atoms. The van der Waals surface area contributed by atoms with E-state index in [4.69, 9.17) is 4.74 Å². The maximum atomic E-state index is 5.47. The zero-order valence-electron chi connectivity index (χ0n) is 8.73. The molecule has 0 aromatic heterocycles. The molecule has 0 radical (unpaired) electrons. The lowest BCUT2D eigenvalue weighted by molar-refractivity contribution is 0.121. The largest absolute Gasteiger partial charge is 0.381 e. The summed E-state index contributed by atoms with van der Waals surface area (Å²) in [6.45, 7) is 6.22. The Labute approximate surface area is 76.7 Å². The summed E-state index contributed by atoms with van der Waals surface area (Å²) in [5.74, 6) is 0. The van der Waals surface area contributed by atoms with Crippen molar-refractivity contribution in [2.24, 2.45) is 0 Å². The van der Waals surface area contributed by atoms with Gasteiger partial charge in [-0.25, -0.2) is 0 Å². The molecule has 0 aliphatic carbocycles. The molecule has 1 unspecified atom stereocenters. The van der Waals surface area contributed by atoms with Crippen molar-refractivity contribution >= 4 is 0 Å². The van der Waals surface area contributed by atoms with Crippen LogP contribution in [0.3, 0.4) is 0 Å². The molecule has 0 heterocycles. The molecule has 0 saturated carbocycles. The zero-order valence-corrected chi connectivity index (χ0v) is 8.73. The highest BCUT2D eigenvalue weighted by Gasteiger charge is 2.01. The average molecular weight is 173 g/mol. The normalized spacial score (nSPS) is 13.2. The lowest BCUT2D eigenvalue weighted by Gasteiger charge is -2.13. The van der Waals surface area contributed by atoms with Crippen molar-refractivity contribution in [2.45, 2.75) is 45.6 Å². The fourth-order valence-corrected chi connectivity index (χ4v) is 1.13. The first-order valence-corrected chi connectivity index (χ1v) is 5.10. The van der Waals surface area contributed by atoms with Gasteiger partial charge in [-0.1, -0.05) is 20.3 Å². The van der Waals surface area contributed by atoms with Crippen LogP contribution < -0.4 is 5.32 Å². The van der Waals surface area contributed by atoms with E-state index < -0.39 is 0 Å². The van der Waals surface area contributed by atoms with Gasteiger partial charge in [-0.3, -0.25) is 0 Å². The second kappa shape index (κ2) is 9.01. The van der Waals surface area contributed by atoms with Gasteiger partial charge in [0.2, 0.25) is 0 Å². The molecule has 2 heteroatoms. The van der Waals surface area contributed by atoms with Crippen LogP contribution in [0.25, 0.3) is 0 Å². The lowest BCUT2D eigenvalue weighted by Crippen LogP contribution is -2.25. The molecular formula is C10H23NO. The molecule has 0 saturated heterocycles. The topological polar surface area (TPSA) is 21.3 Å². The van der Waals surface area contributed by atoms with Crippen molar-refractivity contribution in [1.82, 2.24) is 5.32 Å². The maximum absolute atomic E-state index is 5.47. The number of hydrogen-bond donors (Lipinski definition) is 1. The van der Waals surface area contributed by atoms with Gasteiger partial charge in [0.05, 0.1) is 0 Å². The minimum atomic E-state index is 0.631. The molecule has 2 nitrogen and oxygen atoms in total. The second-order valence-electron chi connectivity index (χ2n) is 3.15. The third-order valence-electron chi connectivity index (χ3n) is 2.15. The summed E-state index contributed by atoms with van der Waals surface area (Å²) in [4.78, 5) is 0. The predicted octanol–water partition coefficient (Wildman–Crippen LogP) is 2.19. The van der Waals surface area contributed by atoms with Crippen LogP contribution in [0.4, 0.5) is 0 Å². The Morgan fingerprint density at radius 3 is 2.50 bits per heavy atom. The Morgan fingerprint density at radius 1 is 1.25 bits per heavy atom. The van der Waals surface area contributed by atoms with E-state index in [2.05, 4.69) is 19.2 Å². The first-order valence-electron chi connectivity index (χ1n) is 5.10. The summed E-state index contributed by atoms with van der Waals surface area (Å²) >= 11 is 0. The van der Waals surface area contributed by atoms with E-state index in [1.54, 1.807) is 0 Å². The number of rotatable bonds is 8. The van der Waals surface area contributed by atoms with Crippen LogP contribution in [0.1, 0.15) is 39.5 Å². The first kappa shape index (κ1) is 11.9. The van der Waals surface area contributed by atoms with E-state index >= 15 is 0 Å². The lowest BCUT2D eigenvalue weighted by atomic mass is 10.2. The third kappa shape index (κ3) is 6.62. The molecule has 0 aliphatic heterocycles. The van der Waals surface area contributed by atoms with Gasteiger partial charge >= 0.3 is 0 Å². The summed E-state index contributed by atoms with van der Waals surface area (Å²) in [5, 5.41) is 3.26. The van der Waals surface area contributed by atoms with E-state index in [1.807, 2.05) is 7.05 Å². The SMILES string of the molecule is CCCCOCCC(CC)NC. The highest BCUT2D eigenvalue weighted by Crippen LogP contribution is 1.97. The van der Waals surface area contributed by atoms with Crippen LogP contribution in [0.5, 0.6) is 0 Å². The molecule has 1 N–H and O–H groups in total. The molecular weight excluding hydrogens is 150 g/mol. The van der Waals surface area contributed by atoms with E-state index in [0.717, 1.165) is 19.6 Å². The average Bonchev–Trinajstić information content (AvgIpc) is 2.11. The fraction of sp³-hybridized carbons (Fsp3) is 1.00. The number of ether oxygens (including phenoxy) is 1. The van der Waals surface area contributed by atoms with Gasteiger partial charge in [0, 0.05) is 19.3 Å². The highest BCUT2D eigenvalue weighted by atomic mass is 16.5. The first-order chi connectivity index (χ1) is 5.85. The van der Waals surface area contributed by atoms with E-state index in [-0.39, 0.29) is 0 Å². The summed E-state index contributed by atoms with van der Waals surface area (Å²) in [6, 6.07) is 0.631. The van der Waals surface area contributed by atoms with Crippen molar-refractivity contribution in [2.75, 3.05) is 20.3 Å². The van der Waals surface area contributed by atoms with Crippen molar-refractivity contribution in [3.63, 3.8) is 0 Å². The summed E-state index contributed by atoms with van der Waals surface area (Å²) in [6.07, 6.45) is 4.74. The van der Waals surface area contributed by atoms with Crippen molar-refractivity contribution < 1.29 is 4.74 Å².